The zero-order valence-electron chi connectivity index (χ0n) is 19.8. The average Bonchev–Trinajstić information content (AvgIpc) is 3.36. The molecule has 2 aromatic rings. The molecule has 4 atom stereocenters. The topological polar surface area (TPSA) is 93.2 Å². The van der Waals surface area contributed by atoms with Crippen LogP contribution in [0.4, 0.5) is 11.4 Å². The number of amides is 3. The summed E-state index contributed by atoms with van der Waals surface area (Å²) in [6.45, 7) is 2.31. The molecule has 0 bridgehead atoms. The van der Waals surface area contributed by atoms with Gasteiger partial charge < -0.3 is 14.4 Å². The highest BCUT2D eigenvalue weighted by Crippen LogP contribution is 2.42. The molecule has 2 heterocycles. The minimum atomic E-state index is -0.628. The summed E-state index contributed by atoms with van der Waals surface area (Å²) >= 11 is 0. The van der Waals surface area contributed by atoms with Gasteiger partial charge in [-0.15, -0.1) is 0 Å². The van der Waals surface area contributed by atoms with Crippen LogP contribution in [0.15, 0.2) is 48.5 Å². The standard InChI is InChI=1S/C27H28N2O6/c1-16-9-10-22-23(11-16)26(32)29(25(22)31)19-6-4-8-21(14-19)35-27(33)17-12-24(30)28(15-17)18-5-3-7-20(13-18)34-2/h3-8,13-14,16-17,22-23H,9-12,15H2,1-2H3/t16-,17+,22-,23+/m0/s1. The van der Waals surface area contributed by atoms with E-state index >= 15 is 0 Å². The summed E-state index contributed by atoms with van der Waals surface area (Å²) in [6.07, 6.45) is 2.43. The Morgan fingerprint density at radius 2 is 1.60 bits per heavy atom. The smallest absolute Gasteiger partial charge is 0.316 e. The molecule has 0 aromatic heterocycles. The van der Waals surface area contributed by atoms with Crippen LogP contribution in [0.2, 0.25) is 0 Å². The first-order valence-corrected chi connectivity index (χ1v) is 12.0. The van der Waals surface area contributed by atoms with Crippen molar-refractivity contribution >= 4 is 35.1 Å². The van der Waals surface area contributed by atoms with Crippen LogP contribution in [0.3, 0.4) is 0 Å². The Balaban J connectivity index is 1.28. The number of hydrogen-bond donors (Lipinski definition) is 0. The quantitative estimate of drug-likeness (QED) is 0.372. The Morgan fingerprint density at radius 3 is 2.37 bits per heavy atom. The molecule has 3 amide bonds. The molecular formula is C27H28N2O6. The van der Waals surface area contributed by atoms with E-state index in [0.717, 1.165) is 19.3 Å². The number of fused-ring (bicyclic) bond motifs is 1. The number of ether oxygens (including phenoxy) is 2. The maximum absolute atomic E-state index is 13.0. The molecule has 0 N–H and O–H groups in total. The van der Waals surface area contributed by atoms with E-state index in [1.165, 1.54) is 4.90 Å². The molecule has 35 heavy (non-hydrogen) atoms. The minimum absolute atomic E-state index is 0.0420. The fourth-order valence-electron chi connectivity index (χ4n) is 5.42. The van der Waals surface area contributed by atoms with Crippen LogP contribution in [-0.2, 0) is 19.2 Å². The molecule has 3 fully saturated rings. The molecule has 0 radical (unpaired) electrons. The average molecular weight is 477 g/mol. The Morgan fingerprint density at radius 1 is 0.914 bits per heavy atom. The van der Waals surface area contributed by atoms with Gasteiger partial charge in [0.2, 0.25) is 17.7 Å². The summed E-state index contributed by atoms with van der Waals surface area (Å²) in [4.78, 5) is 54.3. The van der Waals surface area contributed by atoms with E-state index in [2.05, 4.69) is 6.92 Å². The molecule has 1 aliphatic carbocycles. The Kier molecular flexibility index (Phi) is 6.05. The van der Waals surface area contributed by atoms with Gasteiger partial charge in [-0.1, -0.05) is 19.1 Å². The summed E-state index contributed by atoms with van der Waals surface area (Å²) in [5, 5.41) is 0. The predicted octanol–water partition coefficient (Wildman–Crippen LogP) is 3.58. The molecule has 8 heteroatoms. The highest BCUT2D eigenvalue weighted by Gasteiger charge is 2.50. The molecule has 2 saturated heterocycles. The zero-order chi connectivity index (χ0) is 24.7. The molecule has 0 spiro atoms. The second-order valence-electron chi connectivity index (χ2n) is 9.67. The number of anilines is 2. The summed E-state index contributed by atoms with van der Waals surface area (Å²) in [7, 11) is 1.55. The fraction of sp³-hybridized carbons (Fsp3) is 0.407. The molecule has 182 valence electrons. The molecule has 2 aliphatic heterocycles. The lowest BCUT2D eigenvalue weighted by Crippen LogP contribution is -2.31. The van der Waals surface area contributed by atoms with Crippen LogP contribution in [0.5, 0.6) is 11.5 Å². The van der Waals surface area contributed by atoms with E-state index in [9.17, 15) is 19.2 Å². The number of rotatable bonds is 5. The van der Waals surface area contributed by atoms with Crippen molar-refractivity contribution in [1.29, 1.82) is 0 Å². The fourth-order valence-corrected chi connectivity index (χ4v) is 5.42. The van der Waals surface area contributed by atoms with Crippen LogP contribution in [0, 0.1) is 23.7 Å². The van der Waals surface area contributed by atoms with Crippen LogP contribution in [0.1, 0.15) is 32.6 Å². The monoisotopic (exact) mass is 476 g/mol. The van der Waals surface area contributed by atoms with Gasteiger partial charge in [0.05, 0.1) is 30.6 Å². The van der Waals surface area contributed by atoms with Crippen molar-refractivity contribution in [3.63, 3.8) is 0 Å². The Bertz CT molecular complexity index is 1190. The summed E-state index contributed by atoms with van der Waals surface area (Å²) in [5.74, 6) is -0.927. The van der Waals surface area contributed by atoms with Gasteiger partial charge in [0.1, 0.15) is 11.5 Å². The SMILES string of the molecule is COc1cccc(N2C[C@H](C(=O)Oc3cccc(N4C(=O)[C@H]5CC[C@H](C)C[C@H]5C4=O)c3)CC2=O)c1. The van der Waals surface area contributed by atoms with Gasteiger partial charge in [-0.05, 0) is 49.4 Å². The number of methoxy groups -OCH3 is 1. The van der Waals surface area contributed by atoms with Gasteiger partial charge in [-0.2, -0.15) is 0 Å². The number of imide groups is 1. The molecule has 8 nitrogen and oxygen atoms in total. The third-order valence-electron chi connectivity index (χ3n) is 7.31. The van der Waals surface area contributed by atoms with Gasteiger partial charge in [0.25, 0.3) is 0 Å². The van der Waals surface area contributed by atoms with Gasteiger partial charge in [-0.25, -0.2) is 4.90 Å². The molecule has 0 unspecified atom stereocenters. The Hall–Kier alpha value is -3.68. The summed E-state index contributed by atoms with van der Waals surface area (Å²) in [6, 6.07) is 13.6. The third kappa shape index (κ3) is 4.29. The second-order valence-corrected chi connectivity index (χ2v) is 9.67. The third-order valence-corrected chi connectivity index (χ3v) is 7.31. The number of benzene rings is 2. The van der Waals surface area contributed by atoms with E-state index in [1.54, 1.807) is 60.5 Å². The first-order chi connectivity index (χ1) is 16.9. The van der Waals surface area contributed by atoms with Gasteiger partial charge in [0, 0.05) is 30.8 Å². The molecule has 5 rings (SSSR count). The first kappa shape index (κ1) is 23.1. The maximum atomic E-state index is 13.0. The lowest BCUT2D eigenvalue weighted by atomic mass is 9.76. The normalized spacial score (nSPS) is 26.2. The predicted molar refractivity (Wildman–Crippen MR) is 128 cm³/mol. The van der Waals surface area contributed by atoms with Crippen molar-refractivity contribution in [3.8, 4) is 11.5 Å². The van der Waals surface area contributed by atoms with E-state index in [4.69, 9.17) is 9.47 Å². The lowest BCUT2D eigenvalue weighted by molar-refractivity contribution is -0.139. The molecule has 2 aromatic carbocycles. The van der Waals surface area contributed by atoms with Crippen LogP contribution >= 0.6 is 0 Å². The lowest BCUT2D eigenvalue weighted by Gasteiger charge is -2.25. The van der Waals surface area contributed by atoms with E-state index in [-0.39, 0.29) is 48.3 Å². The van der Waals surface area contributed by atoms with Crippen molar-refractivity contribution in [2.45, 2.75) is 32.6 Å². The van der Waals surface area contributed by atoms with Crippen LogP contribution < -0.4 is 19.3 Å². The van der Waals surface area contributed by atoms with Crippen LogP contribution in [0.25, 0.3) is 0 Å². The highest BCUT2D eigenvalue weighted by atomic mass is 16.5. The van der Waals surface area contributed by atoms with Gasteiger partial charge >= 0.3 is 5.97 Å². The molecule has 3 aliphatic rings. The Labute approximate surface area is 203 Å². The number of carbonyl (C=O) groups is 4. The van der Waals surface area contributed by atoms with Crippen molar-refractivity contribution in [1.82, 2.24) is 0 Å². The van der Waals surface area contributed by atoms with Gasteiger partial charge in [-0.3, -0.25) is 19.2 Å². The van der Waals surface area contributed by atoms with E-state index in [0.29, 0.717) is 23.0 Å². The number of nitrogens with zero attached hydrogens (tertiary/aromatic N) is 2. The highest BCUT2D eigenvalue weighted by molar-refractivity contribution is 6.22. The largest absolute Gasteiger partial charge is 0.497 e. The van der Waals surface area contributed by atoms with Gasteiger partial charge in [0.15, 0.2) is 0 Å². The first-order valence-electron chi connectivity index (χ1n) is 12.0. The zero-order valence-corrected chi connectivity index (χ0v) is 19.8. The maximum Gasteiger partial charge on any atom is 0.316 e. The summed E-state index contributed by atoms with van der Waals surface area (Å²) in [5.41, 5.74) is 1.07. The number of esters is 1. The van der Waals surface area contributed by atoms with Crippen molar-refractivity contribution in [2.24, 2.45) is 23.7 Å². The van der Waals surface area contributed by atoms with E-state index in [1.807, 2.05) is 0 Å². The van der Waals surface area contributed by atoms with Crippen molar-refractivity contribution < 1.29 is 28.7 Å². The number of hydrogen-bond acceptors (Lipinski definition) is 6. The van der Waals surface area contributed by atoms with Crippen LogP contribution in [-0.4, -0.2) is 37.3 Å². The second kappa shape index (κ2) is 9.17. The minimum Gasteiger partial charge on any atom is -0.497 e. The van der Waals surface area contributed by atoms with Crippen molar-refractivity contribution in [3.05, 3.63) is 48.5 Å². The molecule has 1 saturated carbocycles. The summed E-state index contributed by atoms with van der Waals surface area (Å²) < 4.78 is 10.8. The van der Waals surface area contributed by atoms with Crippen molar-refractivity contribution in [2.75, 3.05) is 23.5 Å². The number of carbonyl (C=O) groups excluding carboxylic acids is 4. The van der Waals surface area contributed by atoms with E-state index < -0.39 is 11.9 Å². The molecular weight excluding hydrogens is 448 g/mol.